The van der Waals surface area contributed by atoms with Crippen LogP contribution in [0.1, 0.15) is 26.7 Å². The summed E-state index contributed by atoms with van der Waals surface area (Å²) in [6, 6.07) is 0. The maximum atomic E-state index is 10.2. The van der Waals surface area contributed by atoms with Gasteiger partial charge < -0.3 is 0 Å². The van der Waals surface area contributed by atoms with E-state index in [2.05, 4.69) is 10.4 Å². The average Bonchev–Trinajstić information content (AvgIpc) is 2.10. The van der Waals surface area contributed by atoms with Crippen molar-refractivity contribution in [3.8, 4) is 0 Å². The monoisotopic (exact) mass is 182 g/mol. The Hall–Kier alpha value is -0.735. The van der Waals surface area contributed by atoms with E-state index in [0.29, 0.717) is 12.3 Å². The van der Waals surface area contributed by atoms with Gasteiger partial charge in [0, 0.05) is 0 Å². The summed E-state index contributed by atoms with van der Waals surface area (Å²) < 4.78 is 0. The van der Waals surface area contributed by atoms with Crippen LogP contribution in [0.4, 0.5) is 0 Å². The van der Waals surface area contributed by atoms with Crippen molar-refractivity contribution in [3.05, 3.63) is 9.81 Å². The zero-order valence-corrected chi connectivity index (χ0v) is 8.14. The molecule has 72 valence electrons. The fourth-order valence-corrected chi connectivity index (χ4v) is 1.34. The van der Waals surface area contributed by atoms with E-state index in [9.17, 15) is 9.81 Å². The molecular formula is C8H15BN2O2. The van der Waals surface area contributed by atoms with Gasteiger partial charge in [0.25, 0.3) is 0 Å². The fraction of sp³-hybridized carbons (Fsp3) is 1.00. The van der Waals surface area contributed by atoms with E-state index in [-0.39, 0.29) is 12.5 Å². The molecule has 5 heteroatoms. The maximum Gasteiger partial charge on any atom is 0.107 e. The molecule has 0 N–H and O–H groups in total. The first kappa shape index (κ1) is 12.3. The molecule has 0 heterocycles. The molecule has 0 saturated heterocycles. The third-order valence-corrected chi connectivity index (χ3v) is 1.97. The van der Waals surface area contributed by atoms with Gasteiger partial charge in [-0.2, -0.15) is 9.81 Å². The lowest BCUT2D eigenvalue weighted by Gasteiger charge is -2.19. The number of nitrogens with zero attached hydrogens (tertiary/aromatic N) is 2. The first-order chi connectivity index (χ1) is 6.11. The van der Waals surface area contributed by atoms with Crippen LogP contribution in [0.2, 0.25) is 0 Å². The molecule has 13 heavy (non-hydrogen) atoms. The molecule has 0 spiro atoms. The van der Waals surface area contributed by atoms with Crippen molar-refractivity contribution >= 4 is 7.85 Å². The minimum atomic E-state index is -0.704. The molecule has 0 aliphatic rings. The van der Waals surface area contributed by atoms with E-state index >= 15 is 0 Å². The van der Waals surface area contributed by atoms with Crippen LogP contribution in [0.5, 0.6) is 0 Å². The van der Waals surface area contributed by atoms with Crippen LogP contribution in [-0.4, -0.2) is 20.3 Å². The van der Waals surface area contributed by atoms with Crippen LogP contribution in [-0.2, 0) is 0 Å². The van der Waals surface area contributed by atoms with Gasteiger partial charge in [-0.3, -0.25) is 0 Å². The van der Waals surface area contributed by atoms with Gasteiger partial charge >= 0.3 is 0 Å². The molecule has 0 saturated carbocycles. The van der Waals surface area contributed by atoms with Crippen molar-refractivity contribution in [2.45, 2.75) is 32.6 Å². The lowest BCUT2D eigenvalue weighted by Crippen LogP contribution is -2.21. The average molecular weight is 182 g/mol. The van der Waals surface area contributed by atoms with E-state index in [1.165, 1.54) is 0 Å². The second-order valence-electron chi connectivity index (χ2n) is 3.63. The molecular weight excluding hydrogens is 167 g/mol. The normalized spacial score (nSPS) is 15.3. The second-order valence-corrected chi connectivity index (χ2v) is 3.63. The standard InChI is InChI=1S/C8H15BN2O2/c1-6(2)5-7(3-4-10-12)8(9)11-13/h6-8H,3-5H2,1-2H3. The fourth-order valence-electron chi connectivity index (χ4n) is 1.34. The van der Waals surface area contributed by atoms with E-state index in [4.69, 9.17) is 7.85 Å². The lowest BCUT2D eigenvalue weighted by molar-refractivity contribution is 0.378. The minimum Gasteiger partial charge on any atom is -0.151 e. The molecule has 0 aromatic rings. The number of rotatable bonds is 7. The van der Waals surface area contributed by atoms with Crippen molar-refractivity contribution in [2.75, 3.05) is 6.54 Å². The lowest BCUT2D eigenvalue weighted by atomic mass is 9.78. The largest absolute Gasteiger partial charge is 0.151 e. The third-order valence-electron chi connectivity index (χ3n) is 1.97. The molecule has 2 unspecified atom stereocenters. The first-order valence-electron chi connectivity index (χ1n) is 4.49. The van der Waals surface area contributed by atoms with Gasteiger partial charge in [-0.1, -0.05) is 24.2 Å². The molecule has 0 amide bonds. The van der Waals surface area contributed by atoms with Crippen molar-refractivity contribution in [1.29, 1.82) is 0 Å². The highest BCUT2D eigenvalue weighted by molar-refractivity contribution is 6.12. The van der Waals surface area contributed by atoms with E-state index in [1.807, 2.05) is 13.8 Å². The Kier molecular flexibility index (Phi) is 6.36. The summed E-state index contributed by atoms with van der Waals surface area (Å²) in [5.41, 5.74) is 0. The van der Waals surface area contributed by atoms with Crippen molar-refractivity contribution < 1.29 is 0 Å². The predicted molar refractivity (Wildman–Crippen MR) is 53.6 cm³/mol. The summed E-state index contributed by atoms with van der Waals surface area (Å²) >= 11 is 0. The number of hydrogen-bond donors (Lipinski definition) is 0. The molecule has 0 aliphatic heterocycles. The zero-order chi connectivity index (χ0) is 10.3. The van der Waals surface area contributed by atoms with E-state index < -0.39 is 5.94 Å². The number of hydrogen-bond acceptors (Lipinski definition) is 4. The topological polar surface area (TPSA) is 58.9 Å². The Balaban J connectivity index is 4.00. The number of nitroso groups, excluding NO2 is 2. The van der Waals surface area contributed by atoms with Gasteiger partial charge in [0.2, 0.25) is 0 Å². The van der Waals surface area contributed by atoms with Crippen LogP contribution >= 0.6 is 0 Å². The summed E-state index contributed by atoms with van der Waals surface area (Å²) in [5.74, 6) is -0.274. The molecule has 0 fully saturated rings. The highest BCUT2D eigenvalue weighted by Crippen LogP contribution is 2.19. The molecule has 0 bridgehead atoms. The molecule has 4 nitrogen and oxygen atoms in total. The van der Waals surface area contributed by atoms with E-state index in [1.54, 1.807) is 0 Å². The third kappa shape index (κ3) is 5.50. The van der Waals surface area contributed by atoms with Crippen LogP contribution in [0.25, 0.3) is 0 Å². The summed E-state index contributed by atoms with van der Waals surface area (Å²) in [4.78, 5) is 20.1. The van der Waals surface area contributed by atoms with E-state index in [0.717, 1.165) is 6.42 Å². The van der Waals surface area contributed by atoms with Gasteiger partial charge in [0.15, 0.2) is 0 Å². The summed E-state index contributed by atoms with van der Waals surface area (Å²) in [7, 11) is 5.48. The molecule has 0 aromatic carbocycles. The zero-order valence-electron chi connectivity index (χ0n) is 8.14. The molecule has 2 radical (unpaired) electrons. The minimum absolute atomic E-state index is 0.0183. The highest BCUT2D eigenvalue weighted by atomic mass is 16.3. The Morgan fingerprint density at radius 1 is 1.31 bits per heavy atom. The van der Waals surface area contributed by atoms with Gasteiger partial charge in [-0.25, -0.2) is 0 Å². The first-order valence-corrected chi connectivity index (χ1v) is 4.49. The van der Waals surface area contributed by atoms with Crippen LogP contribution in [0.15, 0.2) is 10.4 Å². The smallest absolute Gasteiger partial charge is 0.107 e. The summed E-state index contributed by atoms with van der Waals surface area (Å²) in [6.45, 7) is 4.29. The van der Waals surface area contributed by atoms with Gasteiger partial charge in [-0.15, -0.1) is 0 Å². The molecule has 0 aromatic heterocycles. The summed E-state index contributed by atoms with van der Waals surface area (Å²) in [5, 5.41) is 5.53. The predicted octanol–water partition coefficient (Wildman–Crippen LogP) is 2.07. The van der Waals surface area contributed by atoms with Crippen LogP contribution in [0, 0.1) is 21.6 Å². The Morgan fingerprint density at radius 2 is 1.92 bits per heavy atom. The van der Waals surface area contributed by atoms with Crippen LogP contribution in [0.3, 0.4) is 0 Å². The van der Waals surface area contributed by atoms with Crippen molar-refractivity contribution in [2.24, 2.45) is 22.2 Å². The highest BCUT2D eigenvalue weighted by Gasteiger charge is 2.18. The molecule has 0 rings (SSSR count). The summed E-state index contributed by atoms with van der Waals surface area (Å²) in [6.07, 6.45) is 1.36. The second kappa shape index (κ2) is 6.75. The Bertz CT molecular complexity index is 164. The molecule has 0 aliphatic carbocycles. The SMILES string of the molecule is [B]C(N=O)C(CCN=O)CC(C)C. The Labute approximate surface area is 79.8 Å². The quantitative estimate of drug-likeness (QED) is 0.446. The van der Waals surface area contributed by atoms with Gasteiger partial charge in [0.1, 0.15) is 7.85 Å². The van der Waals surface area contributed by atoms with Gasteiger partial charge in [0.05, 0.1) is 12.5 Å². The maximum absolute atomic E-state index is 10.2. The van der Waals surface area contributed by atoms with Gasteiger partial charge in [-0.05, 0) is 24.7 Å². The van der Waals surface area contributed by atoms with Crippen LogP contribution < -0.4 is 0 Å². The molecule has 2 atom stereocenters. The Morgan fingerprint density at radius 3 is 2.31 bits per heavy atom. The van der Waals surface area contributed by atoms with Crippen molar-refractivity contribution in [3.63, 3.8) is 0 Å². The van der Waals surface area contributed by atoms with Crippen molar-refractivity contribution in [1.82, 2.24) is 0 Å².